The van der Waals surface area contributed by atoms with Crippen molar-refractivity contribution in [2.24, 2.45) is 0 Å². The molecule has 0 fully saturated rings. The summed E-state index contributed by atoms with van der Waals surface area (Å²) in [5.74, 6) is 0.831. The third kappa shape index (κ3) is 4.82. The Labute approximate surface area is 169 Å². The average Bonchev–Trinajstić information content (AvgIpc) is 2.69. The molecular formula is C22H22Cl2NO2+. The maximum absolute atomic E-state index is 11.6. The number of ether oxygens (including phenoxy) is 1. The van der Waals surface area contributed by atoms with Gasteiger partial charge in [0.25, 0.3) is 0 Å². The largest absolute Gasteiger partial charge is 0.497 e. The number of aliphatic hydroxyl groups is 1. The van der Waals surface area contributed by atoms with Crippen LogP contribution < -0.4 is 10.1 Å². The number of quaternary nitrogens is 1. The van der Waals surface area contributed by atoms with Crippen molar-refractivity contribution in [2.75, 3.05) is 13.7 Å². The van der Waals surface area contributed by atoms with E-state index in [0.717, 1.165) is 29.0 Å². The molecule has 0 radical (unpaired) electrons. The molecule has 0 unspecified atom stereocenters. The minimum absolute atomic E-state index is 0.461. The second-order valence-electron chi connectivity index (χ2n) is 6.42. The van der Waals surface area contributed by atoms with E-state index in [9.17, 15) is 5.11 Å². The van der Waals surface area contributed by atoms with Crippen LogP contribution in [0.3, 0.4) is 0 Å². The van der Waals surface area contributed by atoms with E-state index < -0.39 is 5.60 Å². The zero-order valence-electron chi connectivity index (χ0n) is 15.0. The number of rotatable bonds is 7. The molecule has 3 aromatic rings. The lowest BCUT2D eigenvalue weighted by atomic mass is 9.86. The van der Waals surface area contributed by atoms with Crippen LogP contribution in [0.4, 0.5) is 0 Å². The Kier molecular flexibility index (Phi) is 6.40. The van der Waals surface area contributed by atoms with E-state index in [4.69, 9.17) is 27.9 Å². The number of halogens is 2. The zero-order chi connectivity index (χ0) is 19.3. The van der Waals surface area contributed by atoms with Gasteiger partial charge in [0, 0.05) is 15.6 Å². The molecular weight excluding hydrogens is 381 g/mol. The lowest BCUT2D eigenvalue weighted by Gasteiger charge is -2.28. The van der Waals surface area contributed by atoms with Crippen molar-refractivity contribution in [3.63, 3.8) is 0 Å². The van der Waals surface area contributed by atoms with Crippen molar-refractivity contribution >= 4 is 23.2 Å². The first kappa shape index (κ1) is 19.7. The smallest absolute Gasteiger partial charge is 0.163 e. The highest BCUT2D eigenvalue weighted by atomic mass is 35.5. The number of hydrogen-bond donors (Lipinski definition) is 2. The number of benzene rings is 3. The fourth-order valence-corrected chi connectivity index (χ4v) is 3.31. The van der Waals surface area contributed by atoms with Crippen LogP contribution in [0.25, 0.3) is 0 Å². The van der Waals surface area contributed by atoms with Gasteiger partial charge in [-0.1, -0.05) is 47.5 Å². The van der Waals surface area contributed by atoms with E-state index >= 15 is 0 Å². The molecule has 3 nitrogen and oxygen atoms in total. The zero-order valence-corrected chi connectivity index (χ0v) is 16.5. The molecule has 5 heteroatoms. The molecule has 3 N–H and O–H groups in total. The summed E-state index contributed by atoms with van der Waals surface area (Å²) < 4.78 is 5.19. The molecule has 0 amide bonds. The van der Waals surface area contributed by atoms with Crippen molar-refractivity contribution in [2.45, 2.75) is 12.1 Å². The Morgan fingerprint density at radius 2 is 1.30 bits per heavy atom. The van der Waals surface area contributed by atoms with Gasteiger partial charge in [-0.25, -0.2) is 0 Å². The number of nitrogens with two attached hydrogens (primary N) is 1. The molecule has 0 heterocycles. The van der Waals surface area contributed by atoms with Gasteiger partial charge < -0.3 is 15.2 Å². The standard InChI is InChI=1S/C22H21Cl2NO2/c1-27-21-12-2-16(3-13-21)14-25-15-22(26,17-4-8-19(23)9-5-17)18-6-10-20(24)11-7-18/h2-13,25-26H,14-15H2,1H3/p+1. The van der Waals surface area contributed by atoms with Crippen LogP contribution in [0.15, 0.2) is 72.8 Å². The summed E-state index contributed by atoms with van der Waals surface area (Å²) in [6, 6.07) is 22.5. The lowest BCUT2D eigenvalue weighted by molar-refractivity contribution is -0.682. The van der Waals surface area contributed by atoms with Gasteiger partial charge in [-0.05, 0) is 59.7 Å². The van der Waals surface area contributed by atoms with Crippen LogP contribution >= 0.6 is 23.2 Å². The van der Waals surface area contributed by atoms with Crippen molar-refractivity contribution in [1.82, 2.24) is 0 Å². The molecule has 140 valence electrons. The fraction of sp³-hybridized carbons (Fsp3) is 0.182. The van der Waals surface area contributed by atoms with E-state index in [2.05, 4.69) is 5.32 Å². The molecule has 0 saturated carbocycles. The van der Waals surface area contributed by atoms with Crippen molar-refractivity contribution in [1.29, 1.82) is 0 Å². The summed E-state index contributed by atoms with van der Waals surface area (Å²) in [5.41, 5.74) is 1.59. The Morgan fingerprint density at radius 1 is 0.815 bits per heavy atom. The molecule has 0 aliphatic carbocycles. The molecule has 3 aromatic carbocycles. The fourth-order valence-electron chi connectivity index (χ4n) is 3.06. The second-order valence-corrected chi connectivity index (χ2v) is 7.29. The summed E-state index contributed by atoms with van der Waals surface area (Å²) in [4.78, 5) is 0. The van der Waals surface area contributed by atoms with Crippen LogP contribution in [0.1, 0.15) is 16.7 Å². The summed E-state index contributed by atoms with van der Waals surface area (Å²) in [7, 11) is 1.65. The summed E-state index contributed by atoms with van der Waals surface area (Å²) >= 11 is 12.0. The highest BCUT2D eigenvalue weighted by Crippen LogP contribution is 2.30. The van der Waals surface area contributed by atoms with E-state index in [0.29, 0.717) is 16.6 Å². The first-order chi connectivity index (χ1) is 13.0. The maximum Gasteiger partial charge on any atom is 0.163 e. The first-order valence-electron chi connectivity index (χ1n) is 8.70. The summed E-state index contributed by atoms with van der Waals surface area (Å²) in [6.45, 7) is 1.20. The molecule has 0 aromatic heterocycles. The van der Waals surface area contributed by atoms with E-state index in [1.165, 1.54) is 0 Å². The molecule has 0 atom stereocenters. The van der Waals surface area contributed by atoms with Crippen LogP contribution in [-0.4, -0.2) is 18.8 Å². The van der Waals surface area contributed by atoms with Gasteiger partial charge in [0.15, 0.2) is 5.60 Å². The third-order valence-corrected chi connectivity index (χ3v) is 5.13. The third-order valence-electron chi connectivity index (χ3n) is 4.62. The molecule has 0 aliphatic heterocycles. The van der Waals surface area contributed by atoms with Gasteiger partial charge in [-0.3, -0.25) is 0 Å². The van der Waals surface area contributed by atoms with Crippen LogP contribution in [0, 0.1) is 0 Å². The molecule has 0 saturated heterocycles. The highest BCUT2D eigenvalue weighted by molar-refractivity contribution is 6.30. The minimum atomic E-state index is -1.15. The Morgan fingerprint density at radius 3 is 1.74 bits per heavy atom. The molecule has 0 spiro atoms. The predicted octanol–water partition coefficient (Wildman–Crippen LogP) is 4.00. The van der Waals surface area contributed by atoms with E-state index in [1.54, 1.807) is 31.4 Å². The summed E-state index contributed by atoms with van der Waals surface area (Å²) in [6.07, 6.45) is 0. The van der Waals surface area contributed by atoms with Crippen molar-refractivity contribution in [3.05, 3.63) is 99.5 Å². The summed E-state index contributed by atoms with van der Waals surface area (Å²) in [5, 5.41) is 14.9. The van der Waals surface area contributed by atoms with E-state index in [-0.39, 0.29) is 0 Å². The predicted molar refractivity (Wildman–Crippen MR) is 109 cm³/mol. The van der Waals surface area contributed by atoms with Gasteiger partial charge >= 0.3 is 0 Å². The van der Waals surface area contributed by atoms with Gasteiger partial charge in [-0.15, -0.1) is 0 Å². The maximum atomic E-state index is 11.6. The van der Waals surface area contributed by atoms with Gasteiger partial charge in [-0.2, -0.15) is 0 Å². The second kappa shape index (κ2) is 8.77. The number of hydrogen-bond acceptors (Lipinski definition) is 2. The Hall–Kier alpha value is -2.04. The van der Waals surface area contributed by atoms with Gasteiger partial charge in [0.1, 0.15) is 18.8 Å². The molecule has 27 heavy (non-hydrogen) atoms. The molecule has 0 bridgehead atoms. The van der Waals surface area contributed by atoms with E-state index in [1.807, 2.05) is 48.5 Å². The normalized spacial score (nSPS) is 11.4. The first-order valence-corrected chi connectivity index (χ1v) is 9.46. The molecule has 3 rings (SSSR count). The Bertz CT molecular complexity index is 817. The van der Waals surface area contributed by atoms with Crippen LogP contribution in [-0.2, 0) is 12.1 Å². The van der Waals surface area contributed by atoms with Crippen LogP contribution in [0.2, 0.25) is 10.0 Å². The van der Waals surface area contributed by atoms with Gasteiger partial charge in [0.2, 0.25) is 0 Å². The molecule has 0 aliphatic rings. The van der Waals surface area contributed by atoms with Crippen LogP contribution in [0.5, 0.6) is 5.75 Å². The Balaban J connectivity index is 1.81. The quantitative estimate of drug-likeness (QED) is 0.627. The van der Waals surface area contributed by atoms with Gasteiger partial charge in [0.05, 0.1) is 7.11 Å². The topological polar surface area (TPSA) is 46.1 Å². The highest BCUT2D eigenvalue weighted by Gasteiger charge is 2.33. The monoisotopic (exact) mass is 402 g/mol. The SMILES string of the molecule is COc1ccc(C[NH2+]CC(O)(c2ccc(Cl)cc2)c2ccc(Cl)cc2)cc1. The van der Waals surface area contributed by atoms with Crippen molar-refractivity contribution in [3.8, 4) is 5.75 Å². The number of methoxy groups -OCH3 is 1. The minimum Gasteiger partial charge on any atom is -0.497 e. The average molecular weight is 403 g/mol. The lowest BCUT2D eigenvalue weighted by Crippen LogP contribution is -2.86. The van der Waals surface area contributed by atoms with Crippen molar-refractivity contribution < 1.29 is 15.2 Å².